The normalized spacial score (nSPS) is 20.6. The fourth-order valence-electron chi connectivity index (χ4n) is 1.52. The maximum Gasteiger partial charge on any atom is 0.167 e. The van der Waals surface area contributed by atoms with Crippen LogP contribution in [-0.2, 0) is 0 Å². The highest BCUT2D eigenvalue weighted by molar-refractivity contribution is 6.66. The summed E-state index contributed by atoms with van der Waals surface area (Å²) in [5.41, 5.74) is 0. The minimum atomic E-state index is 0.296. The summed E-state index contributed by atoms with van der Waals surface area (Å²) in [5, 5.41) is 7.24. The van der Waals surface area contributed by atoms with Gasteiger partial charge in [0, 0.05) is 12.1 Å². The van der Waals surface area contributed by atoms with Gasteiger partial charge in [0.2, 0.25) is 0 Å². The highest BCUT2D eigenvalue weighted by Gasteiger charge is 2.26. The molecule has 0 saturated heterocycles. The SMILES string of the molecule is CCC1CN(c2ncccc2Cl)N=C1Cl. The molecule has 0 N–H and O–H groups in total. The summed E-state index contributed by atoms with van der Waals surface area (Å²) >= 11 is 12.0. The van der Waals surface area contributed by atoms with Crippen LogP contribution in [0.2, 0.25) is 5.02 Å². The molecule has 1 aromatic heterocycles. The van der Waals surface area contributed by atoms with Crippen molar-refractivity contribution in [1.29, 1.82) is 0 Å². The molecule has 1 atom stereocenters. The van der Waals surface area contributed by atoms with Crippen LogP contribution in [0.5, 0.6) is 0 Å². The number of anilines is 1. The van der Waals surface area contributed by atoms with Crippen molar-refractivity contribution in [2.24, 2.45) is 11.0 Å². The topological polar surface area (TPSA) is 28.5 Å². The lowest BCUT2D eigenvalue weighted by Crippen LogP contribution is -2.18. The second kappa shape index (κ2) is 4.37. The predicted octanol–water partition coefficient (Wildman–Crippen LogP) is 3.13. The molecule has 1 unspecified atom stereocenters. The van der Waals surface area contributed by atoms with Crippen molar-refractivity contribution < 1.29 is 0 Å². The quantitative estimate of drug-likeness (QED) is 0.799. The molecule has 5 heteroatoms. The zero-order valence-corrected chi connectivity index (χ0v) is 9.83. The average molecular weight is 244 g/mol. The van der Waals surface area contributed by atoms with Gasteiger partial charge >= 0.3 is 0 Å². The summed E-state index contributed by atoms with van der Waals surface area (Å²) in [5.74, 6) is 0.970. The van der Waals surface area contributed by atoms with E-state index in [1.807, 2.05) is 0 Å². The van der Waals surface area contributed by atoms with E-state index in [0.29, 0.717) is 21.9 Å². The number of hydrogen-bond donors (Lipinski definition) is 0. The van der Waals surface area contributed by atoms with Crippen molar-refractivity contribution in [2.75, 3.05) is 11.6 Å². The Kier molecular flexibility index (Phi) is 3.12. The molecule has 2 rings (SSSR count). The third-order valence-electron chi connectivity index (χ3n) is 2.42. The smallest absolute Gasteiger partial charge is 0.167 e. The van der Waals surface area contributed by atoms with Gasteiger partial charge in [0.05, 0.1) is 11.6 Å². The molecule has 80 valence electrons. The lowest BCUT2D eigenvalue weighted by atomic mass is 10.1. The molecule has 0 amide bonds. The Balaban J connectivity index is 2.25. The number of hydrogen-bond acceptors (Lipinski definition) is 3. The Morgan fingerprint density at radius 2 is 2.33 bits per heavy atom. The fourth-order valence-corrected chi connectivity index (χ4v) is 2.05. The summed E-state index contributed by atoms with van der Waals surface area (Å²) in [6.45, 7) is 2.85. The third-order valence-corrected chi connectivity index (χ3v) is 3.10. The molecule has 0 spiro atoms. The number of pyridine rings is 1. The molecular formula is C10H11Cl2N3. The molecule has 0 aliphatic carbocycles. The molecule has 15 heavy (non-hydrogen) atoms. The second-order valence-corrected chi connectivity index (χ2v) is 4.21. The Bertz CT molecular complexity index is 392. The molecule has 0 radical (unpaired) electrons. The average Bonchev–Trinajstić information content (AvgIpc) is 2.60. The minimum Gasteiger partial charge on any atom is -0.245 e. The molecule has 0 aromatic carbocycles. The summed E-state index contributed by atoms with van der Waals surface area (Å²) in [6, 6.07) is 3.59. The number of nitrogens with zero attached hydrogens (tertiary/aromatic N) is 3. The van der Waals surface area contributed by atoms with Crippen molar-refractivity contribution in [3.8, 4) is 0 Å². The molecule has 1 aromatic rings. The van der Waals surface area contributed by atoms with E-state index < -0.39 is 0 Å². The van der Waals surface area contributed by atoms with Crippen LogP contribution in [0.3, 0.4) is 0 Å². The number of rotatable bonds is 2. The lowest BCUT2D eigenvalue weighted by Gasteiger charge is -2.14. The van der Waals surface area contributed by atoms with Crippen LogP contribution in [-0.4, -0.2) is 16.7 Å². The van der Waals surface area contributed by atoms with Crippen LogP contribution < -0.4 is 5.01 Å². The van der Waals surface area contributed by atoms with Crippen molar-refractivity contribution in [3.05, 3.63) is 23.4 Å². The van der Waals surface area contributed by atoms with Gasteiger partial charge in [-0.05, 0) is 18.6 Å². The number of aromatic nitrogens is 1. The largest absolute Gasteiger partial charge is 0.245 e. The molecule has 0 saturated carbocycles. The number of hydrazone groups is 1. The van der Waals surface area contributed by atoms with Gasteiger partial charge in [0.15, 0.2) is 5.82 Å². The molecule has 0 fully saturated rings. The highest BCUT2D eigenvalue weighted by atomic mass is 35.5. The minimum absolute atomic E-state index is 0.296. The first kappa shape index (κ1) is 10.7. The van der Waals surface area contributed by atoms with E-state index in [1.54, 1.807) is 23.3 Å². The van der Waals surface area contributed by atoms with E-state index in [4.69, 9.17) is 23.2 Å². The fraction of sp³-hybridized carbons (Fsp3) is 0.400. The first-order valence-electron chi connectivity index (χ1n) is 4.84. The Morgan fingerprint density at radius 1 is 1.53 bits per heavy atom. The molecule has 1 aliphatic rings. The Hall–Kier alpha value is -0.800. The molecule has 0 bridgehead atoms. The van der Waals surface area contributed by atoms with Crippen LogP contribution in [0, 0.1) is 5.92 Å². The zero-order valence-electron chi connectivity index (χ0n) is 8.32. The molecule has 1 aliphatic heterocycles. The summed E-state index contributed by atoms with van der Waals surface area (Å²) in [7, 11) is 0. The van der Waals surface area contributed by atoms with Crippen LogP contribution in [0.4, 0.5) is 5.82 Å². The highest BCUT2D eigenvalue weighted by Crippen LogP contribution is 2.28. The van der Waals surface area contributed by atoms with Crippen LogP contribution in [0.25, 0.3) is 0 Å². The standard InChI is InChI=1S/C10H11Cl2N3/c1-2-7-6-15(14-9(7)12)10-8(11)4-3-5-13-10/h3-5,7H,2,6H2,1H3. The van der Waals surface area contributed by atoms with E-state index in [1.165, 1.54) is 0 Å². The maximum atomic E-state index is 6.03. The van der Waals surface area contributed by atoms with E-state index in [2.05, 4.69) is 17.0 Å². The molecule has 3 nitrogen and oxygen atoms in total. The van der Waals surface area contributed by atoms with Gasteiger partial charge < -0.3 is 0 Å². The predicted molar refractivity (Wildman–Crippen MR) is 63.7 cm³/mol. The van der Waals surface area contributed by atoms with Crippen LogP contribution >= 0.6 is 23.2 Å². The second-order valence-electron chi connectivity index (χ2n) is 3.42. The van der Waals surface area contributed by atoms with Gasteiger partial charge in [0.25, 0.3) is 0 Å². The first-order valence-corrected chi connectivity index (χ1v) is 5.60. The molecular weight excluding hydrogens is 233 g/mol. The third kappa shape index (κ3) is 2.08. The lowest BCUT2D eigenvalue weighted by molar-refractivity contribution is 0.684. The summed E-state index contributed by atoms with van der Waals surface area (Å²) in [4.78, 5) is 4.19. The Morgan fingerprint density at radius 3 is 2.93 bits per heavy atom. The zero-order chi connectivity index (χ0) is 10.8. The van der Waals surface area contributed by atoms with Gasteiger partial charge in [-0.2, -0.15) is 5.10 Å². The first-order chi connectivity index (χ1) is 7.22. The van der Waals surface area contributed by atoms with E-state index in [0.717, 1.165) is 13.0 Å². The maximum absolute atomic E-state index is 6.03. The van der Waals surface area contributed by atoms with E-state index in [9.17, 15) is 0 Å². The number of halogens is 2. The van der Waals surface area contributed by atoms with Gasteiger partial charge in [0.1, 0.15) is 5.17 Å². The van der Waals surface area contributed by atoms with Gasteiger partial charge in [-0.1, -0.05) is 30.1 Å². The van der Waals surface area contributed by atoms with E-state index >= 15 is 0 Å². The molecule has 2 heterocycles. The van der Waals surface area contributed by atoms with Crippen LogP contribution in [0.15, 0.2) is 23.4 Å². The van der Waals surface area contributed by atoms with Crippen molar-refractivity contribution >= 4 is 34.2 Å². The Labute approximate surface area is 98.7 Å². The van der Waals surface area contributed by atoms with Gasteiger partial charge in [-0.25, -0.2) is 9.99 Å². The van der Waals surface area contributed by atoms with Crippen LogP contribution in [0.1, 0.15) is 13.3 Å². The van der Waals surface area contributed by atoms with Crippen molar-refractivity contribution in [2.45, 2.75) is 13.3 Å². The van der Waals surface area contributed by atoms with Gasteiger partial charge in [-0.3, -0.25) is 0 Å². The monoisotopic (exact) mass is 243 g/mol. The van der Waals surface area contributed by atoms with Gasteiger partial charge in [-0.15, -0.1) is 0 Å². The van der Waals surface area contributed by atoms with Crippen molar-refractivity contribution in [3.63, 3.8) is 0 Å². The van der Waals surface area contributed by atoms with E-state index in [-0.39, 0.29) is 0 Å². The summed E-state index contributed by atoms with van der Waals surface area (Å²) in [6.07, 6.45) is 2.67. The summed E-state index contributed by atoms with van der Waals surface area (Å²) < 4.78 is 0. The van der Waals surface area contributed by atoms with Crippen molar-refractivity contribution in [1.82, 2.24) is 4.98 Å².